The van der Waals surface area contributed by atoms with E-state index in [-0.39, 0.29) is 19.4 Å². The molecule has 0 rings (SSSR count). The van der Waals surface area contributed by atoms with Gasteiger partial charge in [0.15, 0.2) is 6.10 Å². The Hall–Kier alpha value is -2.51. The summed E-state index contributed by atoms with van der Waals surface area (Å²) >= 11 is 0. The number of rotatable bonds is 30. The van der Waals surface area contributed by atoms with E-state index in [0.717, 1.165) is 77.7 Å². The minimum absolute atomic E-state index is 0.117. The van der Waals surface area contributed by atoms with Crippen LogP contribution in [0.4, 0.5) is 0 Å². The van der Waals surface area contributed by atoms with E-state index in [1.54, 1.807) is 0 Å². The van der Waals surface area contributed by atoms with Crippen molar-refractivity contribution in [2.24, 2.45) is 0 Å². The van der Waals surface area contributed by atoms with Gasteiger partial charge in [0.05, 0.1) is 6.61 Å². The van der Waals surface area contributed by atoms with Gasteiger partial charge in [-0.2, -0.15) is 0 Å². The highest BCUT2D eigenvalue weighted by Crippen LogP contribution is 2.42. The first-order chi connectivity index (χ1) is 22.3. The summed E-state index contributed by atoms with van der Waals surface area (Å²) in [4.78, 5) is 34.2. The third-order valence-corrected chi connectivity index (χ3v) is 7.63. The molecule has 9 heteroatoms. The van der Waals surface area contributed by atoms with Crippen molar-refractivity contribution in [2.45, 2.75) is 129 Å². The number of esters is 2. The van der Waals surface area contributed by atoms with Crippen LogP contribution < -0.4 is 0 Å². The maximum absolute atomic E-state index is 12.4. The van der Waals surface area contributed by atoms with E-state index in [1.165, 1.54) is 12.8 Å². The molecule has 0 fully saturated rings. The first-order valence-electron chi connectivity index (χ1n) is 17.1. The zero-order valence-electron chi connectivity index (χ0n) is 28.7. The number of carbonyl (C=O) groups is 2. The zero-order chi connectivity index (χ0) is 34.0. The van der Waals surface area contributed by atoms with Gasteiger partial charge in [0.2, 0.25) is 0 Å². The molecule has 1 N–H and O–H groups in total. The molecular formula is C37H61O8P. The van der Waals surface area contributed by atoms with Crippen LogP contribution in [0.25, 0.3) is 0 Å². The SMILES string of the molecule is CC/C=C\C/C=C\C/C=C\C/C=C\CCC(=O)OC(COC(=O)CCCCCCC/C=C\C/C=C\CCCC)COP(=O)(O)OC. The van der Waals surface area contributed by atoms with Gasteiger partial charge in [0, 0.05) is 20.0 Å². The van der Waals surface area contributed by atoms with Crippen LogP contribution >= 0.6 is 7.82 Å². The van der Waals surface area contributed by atoms with Crippen molar-refractivity contribution in [3.63, 3.8) is 0 Å². The highest BCUT2D eigenvalue weighted by atomic mass is 31.2. The standard InChI is InChI=1S/C37H61O8P/c1-4-6-8-10-12-14-16-18-20-21-23-25-27-29-31-36(38)43-33-35(34-44-46(40,41)42-3)45-37(39)32-30-28-26-24-22-19-17-15-13-11-9-7-5-2/h7,9-10,12-13,15-16,18-19,22,26,28,35H,4-6,8,11,14,17,20-21,23-25,27,29-34H2,1-3H3,(H,40,41)/b9-7-,12-10-,15-13-,18-16-,22-19-,28-26-. The number of allylic oxidation sites excluding steroid dienone is 12. The van der Waals surface area contributed by atoms with E-state index in [9.17, 15) is 19.0 Å². The van der Waals surface area contributed by atoms with Crippen molar-refractivity contribution in [1.29, 1.82) is 0 Å². The van der Waals surface area contributed by atoms with Gasteiger partial charge in [-0.1, -0.05) is 119 Å². The molecule has 0 spiro atoms. The second-order valence-corrected chi connectivity index (χ2v) is 12.5. The van der Waals surface area contributed by atoms with Crippen molar-refractivity contribution < 1.29 is 37.6 Å². The number of phosphoric ester groups is 1. The predicted molar refractivity (Wildman–Crippen MR) is 188 cm³/mol. The lowest BCUT2D eigenvalue weighted by atomic mass is 10.1. The predicted octanol–water partition coefficient (Wildman–Crippen LogP) is 10.2. The van der Waals surface area contributed by atoms with Gasteiger partial charge in [0.1, 0.15) is 6.61 Å². The van der Waals surface area contributed by atoms with Gasteiger partial charge in [-0.05, 0) is 64.2 Å². The van der Waals surface area contributed by atoms with Gasteiger partial charge in [0.25, 0.3) is 0 Å². The Morgan fingerprint density at radius 3 is 1.74 bits per heavy atom. The summed E-state index contributed by atoms with van der Waals surface area (Å²) in [6, 6.07) is 0. The minimum atomic E-state index is -4.28. The van der Waals surface area contributed by atoms with Crippen molar-refractivity contribution >= 4 is 19.8 Å². The topological polar surface area (TPSA) is 108 Å². The fraction of sp³-hybridized carbons (Fsp3) is 0.622. The lowest BCUT2D eigenvalue weighted by molar-refractivity contribution is -0.161. The van der Waals surface area contributed by atoms with Crippen molar-refractivity contribution in [2.75, 3.05) is 20.3 Å². The van der Waals surface area contributed by atoms with E-state index in [1.807, 2.05) is 12.2 Å². The lowest BCUT2D eigenvalue weighted by Crippen LogP contribution is -2.29. The second-order valence-electron chi connectivity index (χ2n) is 10.9. The van der Waals surface area contributed by atoms with Gasteiger partial charge in [-0.25, -0.2) is 4.57 Å². The Morgan fingerprint density at radius 2 is 1.15 bits per heavy atom. The molecule has 0 aliphatic heterocycles. The molecular weight excluding hydrogens is 603 g/mol. The van der Waals surface area contributed by atoms with Gasteiger partial charge < -0.3 is 14.4 Å². The number of hydrogen-bond acceptors (Lipinski definition) is 7. The van der Waals surface area contributed by atoms with Crippen molar-refractivity contribution in [1.82, 2.24) is 0 Å². The molecule has 0 aromatic carbocycles. The highest BCUT2D eigenvalue weighted by Gasteiger charge is 2.24. The summed E-state index contributed by atoms with van der Waals surface area (Å²) in [5.74, 6) is -0.926. The highest BCUT2D eigenvalue weighted by molar-refractivity contribution is 7.47. The molecule has 0 saturated heterocycles. The number of ether oxygens (including phenoxy) is 2. The van der Waals surface area contributed by atoms with Gasteiger partial charge in [-0.3, -0.25) is 18.6 Å². The summed E-state index contributed by atoms with van der Waals surface area (Å²) in [5, 5.41) is 0. The number of unbranched alkanes of at least 4 members (excludes halogenated alkanes) is 7. The van der Waals surface area contributed by atoms with Crippen LogP contribution in [-0.2, 0) is 32.7 Å². The minimum Gasteiger partial charge on any atom is -0.462 e. The molecule has 0 aromatic heterocycles. The molecule has 0 radical (unpaired) electrons. The molecule has 0 saturated carbocycles. The summed E-state index contributed by atoms with van der Waals surface area (Å²) in [6.07, 6.45) is 39.7. The average Bonchev–Trinajstić information content (AvgIpc) is 3.04. The third-order valence-electron chi connectivity index (χ3n) is 6.70. The molecule has 8 nitrogen and oxygen atoms in total. The smallest absolute Gasteiger partial charge is 0.462 e. The quantitative estimate of drug-likeness (QED) is 0.0350. The Morgan fingerprint density at radius 1 is 0.630 bits per heavy atom. The van der Waals surface area contributed by atoms with Crippen molar-refractivity contribution in [3.05, 3.63) is 72.9 Å². The molecule has 0 aliphatic rings. The molecule has 262 valence electrons. The fourth-order valence-electron chi connectivity index (χ4n) is 4.04. The molecule has 0 bridgehead atoms. The summed E-state index contributed by atoms with van der Waals surface area (Å²) < 4.78 is 31.7. The van der Waals surface area contributed by atoms with E-state index >= 15 is 0 Å². The number of phosphoric acid groups is 1. The van der Waals surface area contributed by atoms with Crippen LogP contribution in [-0.4, -0.2) is 43.3 Å². The summed E-state index contributed by atoms with van der Waals surface area (Å²) in [6.45, 7) is 3.62. The maximum Gasteiger partial charge on any atom is 0.472 e. The normalized spacial score (nSPS) is 14.4. The summed E-state index contributed by atoms with van der Waals surface area (Å²) in [5.41, 5.74) is 0. The Balaban J connectivity index is 4.26. The first kappa shape index (κ1) is 43.5. The van der Waals surface area contributed by atoms with E-state index in [4.69, 9.17) is 14.0 Å². The monoisotopic (exact) mass is 664 g/mol. The average molecular weight is 665 g/mol. The fourth-order valence-corrected chi connectivity index (χ4v) is 4.50. The molecule has 0 aliphatic carbocycles. The number of carbonyl (C=O) groups excluding carboxylic acids is 2. The second kappa shape index (κ2) is 32.4. The van der Waals surface area contributed by atoms with Crippen LogP contribution in [0.2, 0.25) is 0 Å². The third kappa shape index (κ3) is 31.5. The van der Waals surface area contributed by atoms with Gasteiger partial charge in [-0.15, -0.1) is 0 Å². The zero-order valence-corrected chi connectivity index (χ0v) is 29.6. The van der Waals surface area contributed by atoms with E-state index in [2.05, 4.69) is 79.1 Å². The Kier molecular flexibility index (Phi) is 30.7. The molecule has 2 unspecified atom stereocenters. The van der Waals surface area contributed by atoms with Crippen LogP contribution in [0.3, 0.4) is 0 Å². The van der Waals surface area contributed by atoms with E-state index < -0.39 is 32.5 Å². The van der Waals surface area contributed by atoms with Gasteiger partial charge >= 0.3 is 19.8 Å². The van der Waals surface area contributed by atoms with Crippen LogP contribution in [0.1, 0.15) is 123 Å². The first-order valence-corrected chi connectivity index (χ1v) is 18.6. The summed E-state index contributed by atoms with van der Waals surface area (Å²) in [7, 11) is -3.24. The van der Waals surface area contributed by atoms with Crippen LogP contribution in [0.15, 0.2) is 72.9 Å². The Bertz CT molecular complexity index is 980. The maximum atomic E-state index is 12.4. The molecule has 0 amide bonds. The van der Waals surface area contributed by atoms with Crippen LogP contribution in [0, 0.1) is 0 Å². The molecule has 2 atom stereocenters. The lowest BCUT2D eigenvalue weighted by Gasteiger charge is -2.19. The molecule has 46 heavy (non-hydrogen) atoms. The Labute approximate surface area is 279 Å². The number of hydrogen-bond donors (Lipinski definition) is 1. The van der Waals surface area contributed by atoms with Crippen LogP contribution in [0.5, 0.6) is 0 Å². The molecule has 0 heterocycles. The van der Waals surface area contributed by atoms with Crippen molar-refractivity contribution in [3.8, 4) is 0 Å². The van der Waals surface area contributed by atoms with E-state index in [0.29, 0.717) is 12.8 Å². The molecule has 0 aromatic rings. The largest absolute Gasteiger partial charge is 0.472 e.